The van der Waals surface area contributed by atoms with Crippen molar-refractivity contribution in [2.45, 2.75) is 19.4 Å². The van der Waals surface area contributed by atoms with E-state index in [0.717, 1.165) is 31.7 Å². The van der Waals surface area contributed by atoms with Crippen LogP contribution >= 0.6 is 11.3 Å². The fourth-order valence-electron chi connectivity index (χ4n) is 2.83. The Balaban J connectivity index is 1.51. The zero-order valence-corrected chi connectivity index (χ0v) is 13.8. The monoisotopic (exact) mass is 334 g/mol. The number of aliphatic hydroxyl groups excluding tert-OH is 1. The largest absolute Gasteiger partial charge is 0.396 e. The lowest BCUT2D eigenvalue weighted by molar-refractivity contribution is -0.117. The molecule has 1 saturated heterocycles. The third-order valence-corrected chi connectivity index (χ3v) is 5.06. The van der Waals surface area contributed by atoms with E-state index >= 15 is 0 Å². The van der Waals surface area contributed by atoms with Crippen molar-refractivity contribution in [3.8, 4) is 0 Å². The molecule has 0 bridgehead atoms. The number of aliphatic hydroxyl groups is 1. The molecule has 1 amide bonds. The Morgan fingerprint density at radius 3 is 2.91 bits per heavy atom. The molecule has 3 rings (SSSR count). The maximum atomic E-state index is 12.2. The van der Waals surface area contributed by atoms with Crippen molar-refractivity contribution < 1.29 is 9.90 Å². The Labute approximate surface area is 139 Å². The summed E-state index contributed by atoms with van der Waals surface area (Å²) in [6.07, 6.45) is 3.62. The number of amides is 1. The molecule has 0 spiro atoms. The Hall–Kier alpha value is -1.70. The molecule has 1 fully saturated rings. The van der Waals surface area contributed by atoms with Crippen LogP contribution in [0.2, 0.25) is 0 Å². The SMILES string of the molecule is O=C(CN1CCC(CO)CC1)Nc1ccnn1Cc1cccs1. The standard InChI is InChI=1S/C16H22N4O2S/c21-12-13-4-7-19(8-5-13)11-16(22)18-15-3-6-17-20(15)10-14-2-1-9-23-14/h1-3,6,9,13,21H,4-5,7-8,10-12H2,(H,18,22). The summed E-state index contributed by atoms with van der Waals surface area (Å²) in [7, 11) is 0. The lowest BCUT2D eigenvalue weighted by Crippen LogP contribution is -2.40. The van der Waals surface area contributed by atoms with Crippen molar-refractivity contribution in [3.05, 3.63) is 34.7 Å². The fraction of sp³-hybridized carbons (Fsp3) is 0.500. The average molecular weight is 334 g/mol. The molecular weight excluding hydrogens is 312 g/mol. The molecule has 3 heterocycles. The van der Waals surface area contributed by atoms with Crippen LogP contribution in [0.3, 0.4) is 0 Å². The molecule has 0 atom stereocenters. The molecule has 6 nitrogen and oxygen atoms in total. The smallest absolute Gasteiger partial charge is 0.239 e. The number of carbonyl (C=O) groups excluding carboxylic acids is 1. The Kier molecular flexibility index (Phi) is 5.43. The molecule has 0 saturated carbocycles. The quantitative estimate of drug-likeness (QED) is 0.842. The minimum atomic E-state index is -0.0135. The Bertz CT molecular complexity index is 618. The van der Waals surface area contributed by atoms with Gasteiger partial charge in [-0.3, -0.25) is 9.69 Å². The zero-order valence-electron chi connectivity index (χ0n) is 13.0. The van der Waals surface area contributed by atoms with Crippen molar-refractivity contribution in [1.29, 1.82) is 0 Å². The lowest BCUT2D eigenvalue weighted by atomic mass is 9.98. The molecule has 23 heavy (non-hydrogen) atoms. The second kappa shape index (κ2) is 7.72. The van der Waals surface area contributed by atoms with Crippen LogP contribution in [-0.2, 0) is 11.3 Å². The predicted octanol–water partition coefficient (Wildman–Crippen LogP) is 1.64. The first-order valence-electron chi connectivity index (χ1n) is 7.92. The van der Waals surface area contributed by atoms with Gasteiger partial charge in [0.25, 0.3) is 0 Å². The zero-order chi connectivity index (χ0) is 16.1. The van der Waals surface area contributed by atoms with Gasteiger partial charge in [0.1, 0.15) is 5.82 Å². The van der Waals surface area contributed by atoms with Crippen molar-refractivity contribution in [1.82, 2.24) is 14.7 Å². The molecule has 7 heteroatoms. The van der Waals surface area contributed by atoms with Gasteiger partial charge in [-0.05, 0) is 43.3 Å². The van der Waals surface area contributed by atoms with Gasteiger partial charge >= 0.3 is 0 Å². The number of nitrogens with zero attached hydrogens (tertiary/aromatic N) is 3. The van der Waals surface area contributed by atoms with E-state index in [4.69, 9.17) is 5.11 Å². The number of carbonyl (C=O) groups is 1. The lowest BCUT2D eigenvalue weighted by Gasteiger charge is -2.30. The first-order chi connectivity index (χ1) is 11.2. The molecule has 1 aliphatic rings. The van der Waals surface area contributed by atoms with Crippen LogP contribution in [0.4, 0.5) is 5.82 Å². The summed E-state index contributed by atoms with van der Waals surface area (Å²) >= 11 is 1.68. The predicted molar refractivity (Wildman–Crippen MR) is 90.5 cm³/mol. The molecular formula is C16H22N4O2S. The first-order valence-corrected chi connectivity index (χ1v) is 8.80. The molecule has 0 unspecified atom stereocenters. The van der Waals surface area contributed by atoms with Crippen molar-refractivity contribution >= 4 is 23.1 Å². The Morgan fingerprint density at radius 2 is 2.22 bits per heavy atom. The highest BCUT2D eigenvalue weighted by Gasteiger charge is 2.20. The summed E-state index contributed by atoms with van der Waals surface area (Å²) < 4.78 is 1.81. The molecule has 0 radical (unpaired) electrons. The van der Waals surface area contributed by atoms with E-state index in [1.54, 1.807) is 17.5 Å². The minimum absolute atomic E-state index is 0.0135. The van der Waals surface area contributed by atoms with Gasteiger partial charge in [0.15, 0.2) is 0 Å². The van der Waals surface area contributed by atoms with Crippen molar-refractivity contribution in [2.24, 2.45) is 5.92 Å². The van der Waals surface area contributed by atoms with Crippen LogP contribution in [0.25, 0.3) is 0 Å². The maximum Gasteiger partial charge on any atom is 0.239 e. The molecule has 124 valence electrons. The highest BCUT2D eigenvalue weighted by Crippen LogP contribution is 2.17. The third-order valence-electron chi connectivity index (χ3n) is 4.20. The minimum Gasteiger partial charge on any atom is -0.396 e. The van der Waals surface area contributed by atoms with Crippen LogP contribution in [0.5, 0.6) is 0 Å². The molecule has 2 aromatic rings. The summed E-state index contributed by atoms with van der Waals surface area (Å²) in [5.41, 5.74) is 0. The molecule has 0 aromatic carbocycles. The number of aromatic nitrogens is 2. The molecule has 2 N–H and O–H groups in total. The van der Waals surface area contributed by atoms with E-state index in [0.29, 0.717) is 19.0 Å². The van der Waals surface area contributed by atoms with Crippen LogP contribution in [-0.4, -0.2) is 51.9 Å². The van der Waals surface area contributed by atoms with Crippen molar-refractivity contribution in [2.75, 3.05) is 31.6 Å². The molecule has 0 aliphatic carbocycles. The average Bonchev–Trinajstić information content (AvgIpc) is 3.21. The van der Waals surface area contributed by atoms with E-state index in [2.05, 4.69) is 21.4 Å². The van der Waals surface area contributed by atoms with E-state index in [9.17, 15) is 4.79 Å². The van der Waals surface area contributed by atoms with Gasteiger partial charge in [-0.1, -0.05) is 6.07 Å². The Morgan fingerprint density at radius 1 is 1.39 bits per heavy atom. The van der Waals surface area contributed by atoms with Gasteiger partial charge in [-0.25, -0.2) is 4.68 Å². The molecule has 2 aromatic heterocycles. The maximum absolute atomic E-state index is 12.2. The second-order valence-corrected chi connectivity index (χ2v) is 6.94. The number of hydrogen-bond donors (Lipinski definition) is 2. The fourth-order valence-corrected chi connectivity index (χ4v) is 3.51. The number of piperidine rings is 1. The number of thiophene rings is 1. The van der Waals surface area contributed by atoms with E-state index in [1.807, 2.05) is 22.2 Å². The summed E-state index contributed by atoms with van der Waals surface area (Å²) in [6.45, 7) is 3.05. The van der Waals surface area contributed by atoms with E-state index < -0.39 is 0 Å². The third kappa shape index (κ3) is 4.40. The molecule has 1 aliphatic heterocycles. The van der Waals surface area contributed by atoms with E-state index in [1.165, 1.54) is 4.88 Å². The van der Waals surface area contributed by atoms with Gasteiger partial charge in [-0.2, -0.15) is 5.10 Å². The van der Waals surface area contributed by atoms with Crippen molar-refractivity contribution in [3.63, 3.8) is 0 Å². The number of hydrogen-bond acceptors (Lipinski definition) is 5. The van der Waals surface area contributed by atoms with Gasteiger partial charge in [0, 0.05) is 17.6 Å². The number of rotatable bonds is 6. The van der Waals surface area contributed by atoms with Crippen LogP contribution in [0.15, 0.2) is 29.8 Å². The van der Waals surface area contributed by atoms with Gasteiger partial charge < -0.3 is 10.4 Å². The number of likely N-dealkylation sites (tertiary alicyclic amines) is 1. The highest BCUT2D eigenvalue weighted by molar-refractivity contribution is 7.09. The topological polar surface area (TPSA) is 70.4 Å². The van der Waals surface area contributed by atoms with Gasteiger partial charge in [0.2, 0.25) is 5.91 Å². The number of nitrogens with one attached hydrogen (secondary N) is 1. The normalized spacial score (nSPS) is 16.6. The summed E-state index contributed by atoms with van der Waals surface area (Å²) in [4.78, 5) is 15.6. The van der Waals surface area contributed by atoms with Crippen LogP contribution in [0.1, 0.15) is 17.7 Å². The number of anilines is 1. The summed E-state index contributed by atoms with van der Waals surface area (Å²) in [6, 6.07) is 5.89. The van der Waals surface area contributed by atoms with Crippen LogP contribution in [0, 0.1) is 5.92 Å². The summed E-state index contributed by atoms with van der Waals surface area (Å²) in [5.74, 6) is 1.11. The van der Waals surface area contributed by atoms with E-state index in [-0.39, 0.29) is 12.5 Å². The van der Waals surface area contributed by atoms with Crippen LogP contribution < -0.4 is 5.32 Å². The van der Waals surface area contributed by atoms with Gasteiger partial charge in [0.05, 0.1) is 19.3 Å². The first kappa shape index (κ1) is 16.2. The van der Waals surface area contributed by atoms with Gasteiger partial charge in [-0.15, -0.1) is 11.3 Å². The highest BCUT2D eigenvalue weighted by atomic mass is 32.1. The second-order valence-electron chi connectivity index (χ2n) is 5.90. The summed E-state index contributed by atoms with van der Waals surface area (Å²) in [5, 5.41) is 18.4.